The summed E-state index contributed by atoms with van der Waals surface area (Å²) < 4.78 is 0. The van der Waals surface area contributed by atoms with E-state index < -0.39 is 0 Å². The fraction of sp³-hybridized carbons (Fsp3) is 0.778. The third kappa shape index (κ3) is 3.46. The third-order valence-corrected chi connectivity index (χ3v) is 6.43. The van der Waals surface area contributed by atoms with Crippen LogP contribution in [0.4, 0.5) is 0 Å². The molecule has 0 amide bonds. The van der Waals surface area contributed by atoms with E-state index in [9.17, 15) is 0 Å². The molecule has 1 atom stereocenters. The van der Waals surface area contributed by atoms with Gasteiger partial charge in [0.05, 0.1) is 0 Å². The van der Waals surface area contributed by atoms with Crippen LogP contribution in [0.25, 0.3) is 0 Å². The van der Waals surface area contributed by atoms with E-state index in [1.165, 1.54) is 51.4 Å². The number of hydrogen-bond donors (Lipinski definition) is 1. The molecule has 20 heavy (non-hydrogen) atoms. The van der Waals surface area contributed by atoms with Crippen molar-refractivity contribution in [2.75, 3.05) is 0 Å². The molecular weight excluding hydrogens is 262 g/mol. The lowest BCUT2D eigenvalue weighted by atomic mass is 9.75. The van der Waals surface area contributed by atoms with Crippen molar-refractivity contribution in [3.05, 3.63) is 22.4 Å². The molecule has 2 heteroatoms. The van der Waals surface area contributed by atoms with Crippen LogP contribution in [0.15, 0.2) is 17.5 Å². The van der Waals surface area contributed by atoms with Crippen molar-refractivity contribution < 1.29 is 0 Å². The Balaban J connectivity index is 1.65. The standard InChI is InChI=1S/C18H29NS/c1-18(2)11-9-15(10-12-18)19-17(14-6-3-4-7-14)16-8-5-13-20-16/h5,8,13-15,17,19H,3-4,6-7,9-12H2,1-2H3. The molecule has 0 aromatic carbocycles. The molecule has 0 radical (unpaired) electrons. The molecule has 1 unspecified atom stereocenters. The van der Waals surface area contributed by atoms with Gasteiger partial charge in [0, 0.05) is 17.0 Å². The molecule has 1 aromatic rings. The molecular formula is C18H29NS. The van der Waals surface area contributed by atoms with Gasteiger partial charge in [-0.15, -0.1) is 11.3 Å². The van der Waals surface area contributed by atoms with E-state index in [1.807, 2.05) is 11.3 Å². The minimum atomic E-state index is 0.573. The van der Waals surface area contributed by atoms with E-state index in [0.29, 0.717) is 11.5 Å². The summed E-state index contributed by atoms with van der Waals surface area (Å²) in [6.07, 6.45) is 11.2. The van der Waals surface area contributed by atoms with E-state index in [2.05, 4.69) is 36.7 Å². The minimum Gasteiger partial charge on any atom is -0.306 e. The van der Waals surface area contributed by atoms with E-state index in [4.69, 9.17) is 0 Å². The van der Waals surface area contributed by atoms with Crippen LogP contribution in [0.5, 0.6) is 0 Å². The van der Waals surface area contributed by atoms with Gasteiger partial charge in [-0.2, -0.15) is 0 Å². The lowest BCUT2D eigenvalue weighted by molar-refractivity contribution is 0.187. The van der Waals surface area contributed by atoms with Crippen LogP contribution < -0.4 is 5.32 Å². The molecule has 2 aliphatic carbocycles. The Morgan fingerprint density at radius 1 is 1.15 bits per heavy atom. The molecule has 2 saturated carbocycles. The van der Waals surface area contributed by atoms with Gasteiger partial charge in [-0.05, 0) is 61.3 Å². The van der Waals surface area contributed by atoms with Crippen LogP contribution in [0.2, 0.25) is 0 Å². The van der Waals surface area contributed by atoms with Gasteiger partial charge < -0.3 is 5.32 Å². The van der Waals surface area contributed by atoms with E-state index >= 15 is 0 Å². The van der Waals surface area contributed by atoms with Gasteiger partial charge in [0.25, 0.3) is 0 Å². The minimum absolute atomic E-state index is 0.573. The Labute approximate surface area is 128 Å². The first-order valence-corrected chi connectivity index (χ1v) is 9.31. The third-order valence-electron chi connectivity index (χ3n) is 5.48. The molecule has 1 aromatic heterocycles. The van der Waals surface area contributed by atoms with Crippen molar-refractivity contribution in [3.63, 3.8) is 0 Å². The van der Waals surface area contributed by atoms with Crippen molar-refractivity contribution >= 4 is 11.3 Å². The van der Waals surface area contributed by atoms with Gasteiger partial charge in [-0.3, -0.25) is 0 Å². The molecule has 3 rings (SSSR count). The van der Waals surface area contributed by atoms with Crippen LogP contribution in [0.3, 0.4) is 0 Å². The molecule has 1 N–H and O–H groups in total. The fourth-order valence-corrected chi connectivity index (χ4v) is 4.91. The first-order chi connectivity index (χ1) is 9.64. The van der Waals surface area contributed by atoms with Gasteiger partial charge in [-0.1, -0.05) is 32.8 Å². The SMILES string of the molecule is CC1(C)CCC(NC(c2cccs2)C2CCCC2)CC1. The smallest absolute Gasteiger partial charge is 0.0445 e. The molecule has 0 saturated heterocycles. The second-order valence-corrected chi connectivity index (χ2v) is 8.62. The predicted molar refractivity (Wildman–Crippen MR) is 88.2 cm³/mol. The van der Waals surface area contributed by atoms with Gasteiger partial charge in [-0.25, -0.2) is 0 Å². The summed E-state index contributed by atoms with van der Waals surface area (Å²) in [6.45, 7) is 4.86. The number of hydrogen-bond acceptors (Lipinski definition) is 2. The summed E-state index contributed by atoms with van der Waals surface area (Å²) in [7, 11) is 0. The zero-order valence-electron chi connectivity index (χ0n) is 13.0. The van der Waals surface area contributed by atoms with E-state index in [1.54, 1.807) is 4.88 Å². The Morgan fingerprint density at radius 3 is 2.45 bits per heavy atom. The lowest BCUT2D eigenvalue weighted by Crippen LogP contribution is -2.39. The summed E-state index contributed by atoms with van der Waals surface area (Å²) in [4.78, 5) is 1.57. The number of nitrogens with one attached hydrogen (secondary N) is 1. The largest absolute Gasteiger partial charge is 0.306 e. The predicted octanol–water partition coefficient (Wildman–Crippen LogP) is 5.54. The molecule has 2 aliphatic rings. The van der Waals surface area contributed by atoms with Crippen molar-refractivity contribution in [1.82, 2.24) is 5.32 Å². The van der Waals surface area contributed by atoms with E-state index in [0.717, 1.165) is 12.0 Å². The molecule has 0 bridgehead atoms. The zero-order valence-corrected chi connectivity index (χ0v) is 13.8. The van der Waals surface area contributed by atoms with Crippen molar-refractivity contribution in [1.29, 1.82) is 0 Å². The Bertz CT molecular complexity index is 393. The summed E-state index contributed by atoms with van der Waals surface area (Å²) in [6, 6.07) is 5.93. The highest BCUT2D eigenvalue weighted by Gasteiger charge is 2.32. The molecule has 2 fully saturated rings. The zero-order chi connectivity index (χ0) is 14.0. The average molecular weight is 292 g/mol. The van der Waals surface area contributed by atoms with E-state index in [-0.39, 0.29) is 0 Å². The monoisotopic (exact) mass is 291 g/mol. The average Bonchev–Trinajstić information content (AvgIpc) is 3.11. The van der Waals surface area contributed by atoms with Crippen molar-refractivity contribution in [3.8, 4) is 0 Å². The highest BCUT2D eigenvalue weighted by molar-refractivity contribution is 7.10. The summed E-state index contributed by atoms with van der Waals surface area (Å²) >= 11 is 1.94. The number of rotatable bonds is 4. The summed E-state index contributed by atoms with van der Waals surface area (Å²) in [5.74, 6) is 0.878. The molecule has 0 spiro atoms. The molecule has 1 heterocycles. The first kappa shape index (κ1) is 14.6. The maximum Gasteiger partial charge on any atom is 0.0445 e. The summed E-state index contributed by atoms with van der Waals surface area (Å²) in [5, 5.41) is 6.29. The van der Waals surface area contributed by atoms with Crippen LogP contribution in [-0.2, 0) is 0 Å². The van der Waals surface area contributed by atoms with Gasteiger partial charge in [0.2, 0.25) is 0 Å². The number of thiophene rings is 1. The molecule has 1 nitrogen and oxygen atoms in total. The quantitative estimate of drug-likeness (QED) is 0.768. The van der Waals surface area contributed by atoms with Crippen LogP contribution in [-0.4, -0.2) is 6.04 Å². The van der Waals surface area contributed by atoms with Crippen LogP contribution in [0, 0.1) is 11.3 Å². The Kier molecular flexibility index (Phi) is 4.52. The second kappa shape index (κ2) is 6.19. The maximum absolute atomic E-state index is 4.05. The normalized spacial score (nSPS) is 25.9. The van der Waals surface area contributed by atoms with Crippen LogP contribution in [0.1, 0.15) is 76.1 Å². The van der Waals surface area contributed by atoms with Gasteiger partial charge in [0.1, 0.15) is 0 Å². The lowest BCUT2D eigenvalue weighted by Gasteiger charge is -2.37. The highest BCUT2D eigenvalue weighted by atomic mass is 32.1. The second-order valence-electron chi connectivity index (χ2n) is 7.64. The van der Waals surface area contributed by atoms with Gasteiger partial charge >= 0.3 is 0 Å². The fourth-order valence-electron chi connectivity index (χ4n) is 4.03. The topological polar surface area (TPSA) is 12.0 Å². The Hall–Kier alpha value is -0.340. The highest BCUT2D eigenvalue weighted by Crippen LogP contribution is 2.40. The van der Waals surface area contributed by atoms with Crippen LogP contribution >= 0.6 is 11.3 Å². The van der Waals surface area contributed by atoms with Crippen molar-refractivity contribution in [2.45, 2.75) is 77.3 Å². The van der Waals surface area contributed by atoms with Gasteiger partial charge in [0.15, 0.2) is 0 Å². The molecule has 0 aliphatic heterocycles. The van der Waals surface area contributed by atoms with Crippen molar-refractivity contribution in [2.24, 2.45) is 11.3 Å². The molecule has 112 valence electrons. The maximum atomic E-state index is 4.05. The summed E-state index contributed by atoms with van der Waals surface area (Å²) in [5.41, 5.74) is 0.573. The Morgan fingerprint density at radius 2 is 1.85 bits per heavy atom. The first-order valence-electron chi connectivity index (χ1n) is 8.43.